The number of rotatable bonds is 5. The molecule has 0 saturated carbocycles. The highest BCUT2D eigenvalue weighted by Gasteiger charge is 2.13. The maximum Gasteiger partial charge on any atom is -0.00147 e. The molecule has 0 aliphatic carbocycles. The van der Waals surface area contributed by atoms with Crippen molar-refractivity contribution in [2.24, 2.45) is 5.92 Å². The van der Waals surface area contributed by atoms with Crippen molar-refractivity contribution >= 4 is 0 Å². The molecule has 1 fully saturated rings. The third-order valence-corrected chi connectivity index (χ3v) is 2.76. The molecule has 2 N–H and O–H groups in total. The maximum atomic E-state index is 4.13. The third kappa shape index (κ3) is 4.44. The highest BCUT2D eigenvalue weighted by atomic mass is 14.9. The lowest BCUT2D eigenvalue weighted by Gasteiger charge is -2.23. The topological polar surface area (TPSA) is 24.1 Å². The second kappa shape index (κ2) is 6.17. The molecule has 2 nitrogen and oxygen atoms in total. The molecular weight excluding hydrogens is 160 g/mol. The van der Waals surface area contributed by atoms with E-state index in [1.54, 1.807) is 0 Å². The van der Waals surface area contributed by atoms with E-state index in [-0.39, 0.29) is 0 Å². The van der Waals surface area contributed by atoms with E-state index in [0.29, 0.717) is 0 Å². The van der Waals surface area contributed by atoms with E-state index < -0.39 is 0 Å². The average Bonchev–Trinajstić information content (AvgIpc) is 2.16. The van der Waals surface area contributed by atoms with Crippen LogP contribution in [-0.2, 0) is 0 Å². The Morgan fingerprint density at radius 3 is 2.77 bits per heavy atom. The minimum atomic E-state index is 0.894. The van der Waals surface area contributed by atoms with Gasteiger partial charge >= 0.3 is 0 Å². The monoisotopic (exact) mass is 182 g/mol. The molecule has 0 aromatic rings. The molecule has 13 heavy (non-hydrogen) atoms. The molecule has 1 saturated heterocycles. The predicted molar refractivity (Wildman–Crippen MR) is 57.9 cm³/mol. The lowest BCUT2D eigenvalue weighted by Crippen LogP contribution is -2.28. The Bertz CT molecular complexity index is 148. The van der Waals surface area contributed by atoms with Crippen LogP contribution in [-0.4, -0.2) is 26.7 Å². The standard InChI is InChI=1S/C11H22N2/c1-10(3-6-12-2)9-11-4-7-13-8-5-11/h11-13H,1,3-9H2,2H3. The lowest BCUT2D eigenvalue weighted by atomic mass is 9.90. The molecule has 0 aromatic heterocycles. The molecule has 1 aliphatic heterocycles. The van der Waals surface area contributed by atoms with Gasteiger partial charge in [-0.3, -0.25) is 0 Å². The van der Waals surface area contributed by atoms with Gasteiger partial charge in [-0.05, 0) is 58.3 Å². The minimum Gasteiger partial charge on any atom is -0.319 e. The molecule has 0 atom stereocenters. The van der Waals surface area contributed by atoms with E-state index in [0.717, 1.165) is 18.9 Å². The molecule has 76 valence electrons. The van der Waals surface area contributed by atoms with Crippen LogP contribution in [0.1, 0.15) is 25.7 Å². The third-order valence-electron chi connectivity index (χ3n) is 2.76. The number of nitrogens with one attached hydrogen (secondary N) is 2. The van der Waals surface area contributed by atoms with Crippen molar-refractivity contribution in [2.45, 2.75) is 25.7 Å². The average molecular weight is 182 g/mol. The van der Waals surface area contributed by atoms with Crippen molar-refractivity contribution in [1.82, 2.24) is 10.6 Å². The van der Waals surface area contributed by atoms with Crippen molar-refractivity contribution in [2.75, 3.05) is 26.7 Å². The number of hydrogen-bond donors (Lipinski definition) is 2. The first kappa shape index (κ1) is 10.7. The fourth-order valence-corrected chi connectivity index (χ4v) is 1.90. The van der Waals surface area contributed by atoms with Gasteiger partial charge in [0.1, 0.15) is 0 Å². The number of hydrogen-bond acceptors (Lipinski definition) is 2. The summed E-state index contributed by atoms with van der Waals surface area (Å²) in [5.41, 5.74) is 1.42. The minimum absolute atomic E-state index is 0.894. The van der Waals surface area contributed by atoms with Crippen LogP contribution in [0.25, 0.3) is 0 Å². The normalized spacial score (nSPS) is 18.8. The summed E-state index contributed by atoms with van der Waals surface area (Å²) in [7, 11) is 2.00. The van der Waals surface area contributed by atoms with E-state index in [9.17, 15) is 0 Å². The summed E-state index contributed by atoms with van der Waals surface area (Å²) < 4.78 is 0. The molecule has 0 spiro atoms. The van der Waals surface area contributed by atoms with Crippen molar-refractivity contribution in [3.8, 4) is 0 Å². The summed E-state index contributed by atoms with van der Waals surface area (Å²) in [5.74, 6) is 0.894. The Morgan fingerprint density at radius 2 is 2.15 bits per heavy atom. The Balaban J connectivity index is 2.11. The number of piperidine rings is 1. The van der Waals surface area contributed by atoms with Crippen LogP contribution in [0.5, 0.6) is 0 Å². The van der Waals surface area contributed by atoms with Gasteiger partial charge in [0.2, 0.25) is 0 Å². The van der Waals surface area contributed by atoms with Gasteiger partial charge in [-0.25, -0.2) is 0 Å². The fourth-order valence-electron chi connectivity index (χ4n) is 1.90. The van der Waals surface area contributed by atoms with Gasteiger partial charge in [0.25, 0.3) is 0 Å². The van der Waals surface area contributed by atoms with Gasteiger partial charge in [-0.15, -0.1) is 0 Å². The van der Waals surface area contributed by atoms with Crippen LogP contribution in [0.2, 0.25) is 0 Å². The molecule has 0 unspecified atom stereocenters. The molecule has 1 aliphatic rings. The summed E-state index contributed by atoms with van der Waals surface area (Å²) >= 11 is 0. The summed E-state index contributed by atoms with van der Waals surface area (Å²) in [6.07, 6.45) is 5.04. The van der Waals surface area contributed by atoms with E-state index in [1.807, 2.05) is 7.05 Å². The molecule has 1 heterocycles. The van der Waals surface area contributed by atoms with Crippen LogP contribution in [0.15, 0.2) is 12.2 Å². The Hall–Kier alpha value is -0.340. The zero-order valence-electron chi connectivity index (χ0n) is 8.73. The zero-order chi connectivity index (χ0) is 9.52. The van der Waals surface area contributed by atoms with Gasteiger partial charge in [-0.2, -0.15) is 0 Å². The largest absolute Gasteiger partial charge is 0.319 e. The fraction of sp³-hybridized carbons (Fsp3) is 0.818. The van der Waals surface area contributed by atoms with E-state index in [4.69, 9.17) is 0 Å². The molecular formula is C11H22N2. The summed E-state index contributed by atoms with van der Waals surface area (Å²) in [6.45, 7) is 7.60. The molecule has 0 bridgehead atoms. The molecule has 2 heteroatoms. The van der Waals surface area contributed by atoms with E-state index >= 15 is 0 Å². The Labute approximate surface area is 81.8 Å². The highest BCUT2D eigenvalue weighted by Crippen LogP contribution is 2.21. The first-order valence-corrected chi connectivity index (χ1v) is 5.35. The molecule has 1 rings (SSSR count). The first-order valence-electron chi connectivity index (χ1n) is 5.35. The lowest BCUT2D eigenvalue weighted by molar-refractivity contribution is 0.369. The van der Waals surface area contributed by atoms with Crippen LogP contribution < -0.4 is 10.6 Å². The summed E-state index contributed by atoms with van der Waals surface area (Å²) in [4.78, 5) is 0. The zero-order valence-corrected chi connectivity index (χ0v) is 8.73. The van der Waals surface area contributed by atoms with Crippen LogP contribution >= 0.6 is 0 Å². The van der Waals surface area contributed by atoms with Crippen molar-refractivity contribution in [3.05, 3.63) is 12.2 Å². The Morgan fingerprint density at radius 1 is 1.46 bits per heavy atom. The van der Waals surface area contributed by atoms with Gasteiger partial charge in [0.15, 0.2) is 0 Å². The predicted octanol–water partition coefficient (Wildman–Crippen LogP) is 1.54. The molecule has 0 aromatic carbocycles. The van der Waals surface area contributed by atoms with Crippen LogP contribution in [0.4, 0.5) is 0 Å². The van der Waals surface area contributed by atoms with E-state index in [1.165, 1.54) is 37.9 Å². The van der Waals surface area contributed by atoms with Gasteiger partial charge in [-0.1, -0.05) is 12.2 Å². The highest BCUT2D eigenvalue weighted by molar-refractivity contribution is 4.96. The Kier molecular flexibility index (Phi) is 5.09. The van der Waals surface area contributed by atoms with Gasteiger partial charge in [0.05, 0.1) is 0 Å². The van der Waals surface area contributed by atoms with Gasteiger partial charge in [0, 0.05) is 0 Å². The SMILES string of the molecule is C=C(CCNC)CC1CCNCC1. The van der Waals surface area contributed by atoms with Crippen LogP contribution in [0.3, 0.4) is 0 Å². The van der Waals surface area contributed by atoms with Crippen molar-refractivity contribution in [3.63, 3.8) is 0 Å². The van der Waals surface area contributed by atoms with Crippen molar-refractivity contribution in [1.29, 1.82) is 0 Å². The maximum absolute atomic E-state index is 4.13. The molecule has 0 radical (unpaired) electrons. The smallest absolute Gasteiger partial charge is 0.00147 e. The van der Waals surface area contributed by atoms with Crippen molar-refractivity contribution < 1.29 is 0 Å². The second-order valence-corrected chi connectivity index (χ2v) is 4.00. The first-order chi connectivity index (χ1) is 6.33. The summed E-state index contributed by atoms with van der Waals surface area (Å²) in [6, 6.07) is 0. The van der Waals surface area contributed by atoms with Crippen LogP contribution in [0, 0.1) is 5.92 Å². The van der Waals surface area contributed by atoms with Gasteiger partial charge < -0.3 is 10.6 Å². The summed E-state index contributed by atoms with van der Waals surface area (Å²) in [5, 5.41) is 6.55. The molecule has 0 amide bonds. The second-order valence-electron chi connectivity index (χ2n) is 4.00. The van der Waals surface area contributed by atoms with E-state index in [2.05, 4.69) is 17.2 Å². The quantitative estimate of drug-likeness (QED) is 0.630.